The Labute approximate surface area is 117 Å². The van der Waals surface area contributed by atoms with Gasteiger partial charge in [-0.3, -0.25) is 0 Å². The van der Waals surface area contributed by atoms with Crippen molar-refractivity contribution in [3.8, 4) is 0 Å². The first-order valence-electron chi connectivity index (χ1n) is 7.77. The van der Waals surface area contributed by atoms with Gasteiger partial charge < -0.3 is 5.32 Å². The number of anilines is 1. The van der Waals surface area contributed by atoms with E-state index in [0.717, 1.165) is 17.3 Å². The highest BCUT2D eigenvalue weighted by Gasteiger charge is 2.18. The van der Waals surface area contributed by atoms with E-state index < -0.39 is 0 Å². The van der Waals surface area contributed by atoms with Crippen LogP contribution in [0.4, 0.5) is 5.82 Å². The van der Waals surface area contributed by atoms with Crippen molar-refractivity contribution in [3.63, 3.8) is 0 Å². The van der Waals surface area contributed by atoms with Crippen LogP contribution in [-0.4, -0.2) is 17.0 Å². The second kappa shape index (κ2) is 6.88. The van der Waals surface area contributed by atoms with Crippen molar-refractivity contribution >= 4 is 5.82 Å². The molecule has 1 aromatic rings. The van der Waals surface area contributed by atoms with Crippen LogP contribution in [0.25, 0.3) is 0 Å². The van der Waals surface area contributed by atoms with Gasteiger partial charge in [0.2, 0.25) is 0 Å². The lowest BCUT2D eigenvalue weighted by Gasteiger charge is -2.20. The Morgan fingerprint density at radius 1 is 1.05 bits per heavy atom. The van der Waals surface area contributed by atoms with Gasteiger partial charge >= 0.3 is 0 Å². The summed E-state index contributed by atoms with van der Waals surface area (Å²) in [6.07, 6.45) is 9.32. The van der Waals surface area contributed by atoms with E-state index in [2.05, 4.69) is 25.2 Å². The lowest BCUT2D eigenvalue weighted by atomic mass is 9.90. The van der Waals surface area contributed by atoms with Gasteiger partial charge in [0.15, 0.2) is 0 Å². The summed E-state index contributed by atoms with van der Waals surface area (Å²) in [4.78, 5) is 9.53. The van der Waals surface area contributed by atoms with E-state index in [0.29, 0.717) is 11.8 Å². The molecule has 1 aliphatic rings. The number of hydrogen-bond acceptors (Lipinski definition) is 3. The van der Waals surface area contributed by atoms with Gasteiger partial charge in [0.25, 0.3) is 0 Å². The summed E-state index contributed by atoms with van der Waals surface area (Å²) in [6.45, 7) is 4.40. The zero-order chi connectivity index (χ0) is 13.7. The minimum absolute atomic E-state index is 0.461. The van der Waals surface area contributed by atoms with E-state index in [9.17, 15) is 0 Å². The quantitative estimate of drug-likeness (QED) is 0.872. The molecule has 1 saturated carbocycles. The maximum absolute atomic E-state index is 4.83. The first-order chi connectivity index (χ1) is 9.20. The number of aromatic nitrogens is 2. The van der Waals surface area contributed by atoms with Crippen LogP contribution < -0.4 is 5.32 Å². The number of rotatable bonds is 3. The fraction of sp³-hybridized carbons (Fsp3) is 0.750. The van der Waals surface area contributed by atoms with Gasteiger partial charge in [0.1, 0.15) is 11.6 Å². The van der Waals surface area contributed by atoms with E-state index in [1.165, 1.54) is 44.9 Å². The largest absolute Gasteiger partial charge is 0.373 e. The molecule has 0 aromatic carbocycles. The number of nitrogens with one attached hydrogen (secondary N) is 1. The molecule has 1 N–H and O–H groups in total. The van der Waals surface area contributed by atoms with Gasteiger partial charge in [0.05, 0.1) is 0 Å². The van der Waals surface area contributed by atoms with E-state index in [-0.39, 0.29) is 0 Å². The minimum Gasteiger partial charge on any atom is -0.373 e. The van der Waals surface area contributed by atoms with Crippen LogP contribution in [0, 0.1) is 0 Å². The van der Waals surface area contributed by atoms with E-state index in [4.69, 9.17) is 9.97 Å². The highest BCUT2D eigenvalue weighted by Crippen LogP contribution is 2.30. The van der Waals surface area contributed by atoms with Crippen LogP contribution >= 0.6 is 0 Å². The van der Waals surface area contributed by atoms with Crippen LogP contribution in [0.5, 0.6) is 0 Å². The average Bonchev–Trinajstić information content (AvgIpc) is 2.37. The molecule has 1 heterocycles. The summed E-state index contributed by atoms with van der Waals surface area (Å²) >= 11 is 0. The predicted molar refractivity (Wildman–Crippen MR) is 80.7 cm³/mol. The smallest absolute Gasteiger partial charge is 0.134 e. The molecule has 19 heavy (non-hydrogen) atoms. The zero-order valence-corrected chi connectivity index (χ0v) is 12.6. The second-order valence-corrected chi connectivity index (χ2v) is 5.98. The number of hydrogen-bond donors (Lipinski definition) is 1. The maximum Gasteiger partial charge on any atom is 0.134 e. The normalized spacial score (nSPS) is 18.1. The Morgan fingerprint density at radius 3 is 2.26 bits per heavy atom. The molecule has 0 bridgehead atoms. The van der Waals surface area contributed by atoms with E-state index in [1.807, 2.05) is 7.05 Å². The van der Waals surface area contributed by atoms with E-state index >= 15 is 0 Å². The van der Waals surface area contributed by atoms with E-state index in [1.54, 1.807) is 0 Å². The topological polar surface area (TPSA) is 37.8 Å². The highest BCUT2D eigenvalue weighted by molar-refractivity contribution is 5.36. The Bertz CT molecular complexity index is 393. The van der Waals surface area contributed by atoms with Crippen LogP contribution in [0.3, 0.4) is 0 Å². The highest BCUT2D eigenvalue weighted by atomic mass is 15.0. The Morgan fingerprint density at radius 2 is 1.68 bits per heavy atom. The molecule has 0 unspecified atom stereocenters. The summed E-state index contributed by atoms with van der Waals surface area (Å²) in [5, 5.41) is 3.18. The summed E-state index contributed by atoms with van der Waals surface area (Å²) in [5.74, 6) is 3.06. The fourth-order valence-electron chi connectivity index (χ4n) is 2.81. The first-order valence-corrected chi connectivity index (χ1v) is 7.77. The second-order valence-electron chi connectivity index (χ2n) is 5.98. The van der Waals surface area contributed by atoms with Crippen molar-refractivity contribution in [1.82, 2.24) is 9.97 Å². The molecular weight excluding hydrogens is 234 g/mol. The molecule has 0 radical (unpaired) electrons. The Balaban J connectivity index is 2.23. The third kappa shape index (κ3) is 3.92. The predicted octanol–water partition coefficient (Wildman–Crippen LogP) is 4.47. The van der Waals surface area contributed by atoms with Crippen LogP contribution in [0.1, 0.15) is 82.1 Å². The SMILES string of the molecule is CNc1cc(C(C)C)nc(C2CCCCCCC2)n1. The van der Waals surface area contributed by atoms with Crippen molar-refractivity contribution in [1.29, 1.82) is 0 Å². The minimum atomic E-state index is 0.461. The molecule has 0 atom stereocenters. The van der Waals surface area contributed by atoms with Gasteiger partial charge in [0, 0.05) is 24.7 Å². The summed E-state index contributed by atoms with van der Waals surface area (Å²) in [5.41, 5.74) is 1.16. The van der Waals surface area contributed by atoms with Crippen molar-refractivity contribution < 1.29 is 0 Å². The molecule has 2 rings (SSSR count). The van der Waals surface area contributed by atoms with Gasteiger partial charge in [-0.15, -0.1) is 0 Å². The fourth-order valence-corrected chi connectivity index (χ4v) is 2.81. The van der Waals surface area contributed by atoms with Crippen molar-refractivity contribution in [2.45, 2.75) is 70.6 Å². The van der Waals surface area contributed by atoms with Crippen molar-refractivity contribution in [2.24, 2.45) is 0 Å². The summed E-state index contributed by atoms with van der Waals surface area (Å²) < 4.78 is 0. The first kappa shape index (κ1) is 14.3. The Hall–Kier alpha value is -1.12. The summed E-state index contributed by atoms with van der Waals surface area (Å²) in [6, 6.07) is 2.08. The van der Waals surface area contributed by atoms with Crippen molar-refractivity contribution in [2.75, 3.05) is 12.4 Å². The van der Waals surface area contributed by atoms with Crippen LogP contribution in [-0.2, 0) is 0 Å². The molecule has 1 aliphatic carbocycles. The third-order valence-electron chi connectivity index (χ3n) is 4.08. The zero-order valence-electron chi connectivity index (χ0n) is 12.6. The number of nitrogens with zero attached hydrogens (tertiary/aromatic N) is 2. The van der Waals surface area contributed by atoms with Crippen molar-refractivity contribution in [3.05, 3.63) is 17.6 Å². The third-order valence-corrected chi connectivity index (χ3v) is 4.08. The maximum atomic E-state index is 4.83. The van der Waals surface area contributed by atoms with Gasteiger partial charge in [-0.1, -0.05) is 46.0 Å². The molecule has 1 fully saturated rings. The Kier molecular flexibility index (Phi) is 5.17. The standard InChI is InChI=1S/C16H27N3/c1-12(2)14-11-15(17-3)19-16(18-14)13-9-7-5-4-6-8-10-13/h11-13H,4-10H2,1-3H3,(H,17,18,19). The average molecular weight is 261 g/mol. The van der Waals surface area contributed by atoms with Gasteiger partial charge in [-0.25, -0.2) is 9.97 Å². The lowest BCUT2D eigenvalue weighted by Crippen LogP contribution is -2.11. The molecule has 0 amide bonds. The molecule has 0 saturated heterocycles. The van der Waals surface area contributed by atoms with Crippen LogP contribution in [0.15, 0.2) is 6.07 Å². The van der Waals surface area contributed by atoms with Gasteiger partial charge in [-0.05, 0) is 18.8 Å². The molecule has 0 spiro atoms. The lowest BCUT2D eigenvalue weighted by molar-refractivity contribution is 0.441. The molecule has 3 nitrogen and oxygen atoms in total. The molecular formula is C16H27N3. The molecule has 1 aromatic heterocycles. The molecule has 0 aliphatic heterocycles. The van der Waals surface area contributed by atoms with Crippen LogP contribution in [0.2, 0.25) is 0 Å². The molecule has 106 valence electrons. The summed E-state index contributed by atoms with van der Waals surface area (Å²) in [7, 11) is 1.94. The van der Waals surface area contributed by atoms with Gasteiger partial charge in [-0.2, -0.15) is 0 Å². The molecule has 3 heteroatoms. The monoisotopic (exact) mass is 261 g/mol.